The fraction of sp³-hybridized carbons (Fsp3) is 0.278. The maximum absolute atomic E-state index is 11.7. The number of hydrogen-bond donors (Lipinski definition) is 1. The van der Waals surface area contributed by atoms with Crippen molar-refractivity contribution in [2.24, 2.45) is 5.14 Å². The van der Waals surface area contributed by atoms with Gasteiger partial charge in [-0.15, -0.1) is 0 Å². The standard InChI is InChI=1S/C18H18Cl2N2O4S/c1-22-9-15(14-7-13(19)8-17(20)16(14)10-22)12-4-2-3-11(5-12)6-18(23)26-27(21,24)25/h2-5,7-8,15H,6,9-10H2,1H3,(H2,21,24,25). The largest absolute Gasteiger partial charge is 0.382 e. The maximum Gasteiger partial charge on any atom is 0.382 e. The Kier molecular flexibility index (Phi) is 5.79. The average molecular weight is 429 g/mol. The van der Waals surface area contributed by atoms with Crippen molar-refractivity contribution in [2.45, 2.75) is 18.9 Å². The normalized spacial score (nSPS) is 17.4. The predicted octanol–water partition coefficient (Wildman–Crippen LogP) is 2.86. The Labute approximate surface area is 168 Å². The van der Waals surface area contributed by atoms with E-state index in [4.69, 9.17) is 28.3 Å². The van der Waals surface area contributed by atoms with Crippen LogP contribution >= 0.6 is 23.2 Å². The second-order valence-electron chi connectivity index (χ2n) is 6.57. The van der Waals surface area contributed by atoms with Gasteiger partial charge in [-0.25, -0.2) is 0 Å². The van der Waals surface area contributed by atoms with Gasteiger partial charge in [0.25, 0.3) is 0 Å². The van der Waals surface area contributed by atoms with Crippen LogP contribution in [0, 0.1) is 0 Å². The van der Waals surface area contributed by atoms with Crippen molar-refractivity contribution in [1.29, 1.82) is 0 Å². The molecule has 0 amide bonds. The van der Waals surface area contributed by atoms with Crippen LogP contribution in [0.15, 0.2) is 36.4 Å². The molecule has 27 heavy (non-hydrogen) atoms. The lowest BCUT2D eigenvalue weighted by Crippen LogP contribution is -2.31. The molecule has 9 heteroatoms. The van der Waals surface area contributed by atoms with Crippen LogP contribution in [-0.4, -0.2) is 32.9 Å². The van der Waals surface area contributed by atoms with E-state index in [0.717, 1.165) is 29.8 Å². The first-order valence-corrected chi connectivity index (χ1v) is 10.4. The van der Waals surface area contributed by atoms with Crippen molar-refractivity contribution in [3.8, 4) is 0 Å². The average Bonchev–Trinajstić information content (AvgIpc) is 2.53. The lowest BCUT2D eigenvalue weighted by atomic mass is 9.84. The van der Waals surface area contributed by atoms with Gasteiger partial charge in [-0.2, -0.15) is 13.6 Å². The fourth-order valence-corrected chi connectivity index (χ4v) is 4.26. The molecule has 6 nitrogen and oxygen atoms in total. The van der Waals surface area contributed by atoms with Gasteiger partial charge in [-0.3, -0.25) is 4.79 Å². The number of nitrogens with two attached hydrogens (primary N) is 1. The van der Waals surface area contributed by atoms with Crippen LogP contribution in [0.2, 0.25) is 10.0 Å². The molecule has 0 radical (unpaired) electrons. The van der Waals surface area contributed by atoms with Crippen molar-refractivity contribution in [1.82, 2.24) is 4.90 Å². The number of rotatable bonds is 4. The quantitative estimate of drug-likeness (QED) is 0.808. The summed E-state index contributed by atoms with van der Waals surface area (Å²) in [5.74, 6) is -0.911. The third kappa shape index (κ3) is 5.00. The van der Waals surface area contributed by atoms with Crippen LogP contribution in [0.4, 0.5) is 0 Å². The zero-order valence-corrected chi connectivity index (χ0v) is 16.8. The summed E-state index contributed by atoms with van der Waals surface area (Å²) in [7, 11) is -2.31. The number of likely N-dealkylation sites (N-methyl/N-ethyl adjacent to an activating group) is 1. The van der Waals surface area contributed by atoms with E-state index in [1.807, 2.05) is 31.3 Å². The fourth-order valence-electron chi connectivity index (χ4n) is 3.38. The topological polar surface area (TPSA) is 89.7 Å². The van der Waals surface area contributed by atoms with Gasteiger partial charge in [-0.05, 0) is 41.4 Å². The lowest BCUT2D eigenvalue weighted by Gasteiger charge is -2.33. The molecule has 2 aromatic rings. The summed E-state index contributed by atoms with van der Waals surface area (Å²) >= 11 is 12.6. The van der Waals surface area contributed by atoms with Crippen molar-refractivity contribution in [3.63, 3.8) is 0 Å². The van der Waals surface area contributed by atoms with Crippen LogP contribution in [-0.2, 0) is 32.2 Å². The Hall–Kier alpha value is -1.64. The molecule has 2 N–H and O–H groups in total. The number of hydrogen-bond acceptors (Lipinski definition) is 5. The molecule has 144 valence electrons. The van der Waals surface area contributed by atoms with E-state index in [0.29, 0.717) is 15.6 Å². The molecule has 0 fully saturated rings. The molecule has 0 saturated carbocycles. The monoisotopic (exact) mass is 428 g/mol. The Morgan fingerprint density at radius 2 is 2.04 bits per heavy atom. The molecular weight excluding hydrogens is 411 g/mol. The van der Waals surface area contributed by atoms with Crippen molar-refractivity contribution in [3.05, 3.63) is 68.7 Å². The molecule has 1 aliphatic heterocycles. The molecule has 0 spiro atoms. The molecule has 1 heterocycles. The first-order chi connectivity index (χ1) is 12.6. The number of carbonyl (C=O) groups excluding carboxylic acids is 1. The number of carbonyl (C=O) groups is 1. The second-order valence-corrected chi connectivity index (χ2v) is 8.57. The highest BCUT2D eigenvalue weighted by Crippen LogP contribution is 2.38. The SMILES string of the molecule is CN1Cc2c(Cl)cc(Cl)cc2C(c2cccc(CC(=O)OS(N)(=O)=O)c2)C1. The highest BCUT2D eigenvalue weighted by molar-refractivity contribution is 7.84. The van der Waals surface area contributed by atoms with Gasteiger partial charge in [0, 0.05) is 29.1 Å². The zero-order chi connectivity index (χ0) is 19.8. The highest BCUT2D eigenvalue weighted by Gasteiger charge is 2.27. The first kappa shape index (κ1) is 20.1. The number of nitrogens with zero attached hydrogens (tertiary/aromatic N) is 1. The van der Waals surface area contributed by atoms with Crippen LogP contribution in [0.25, 0.3) is 0 Å². The lowest BCUT2D eigenvalue weighted by molar-refractivity contribution is -0.133. The van der Waals surface area contributed by atoms with E-state index in [2.05, 4.69) is 9.08 Å². The van der Waals surface area contributed by atoms with E-state index in [1.54, 1.807) is 12.1 Å². The number of fused-ring (bicyclic) bond motifs is 1. The minimum atomic E-state index is -4.32. The van der Waals surface area contributed by atoms with E-state index in [-0.39, 0.29) is 12.3 Å². The van der Waals surface area contributed by atoms with Gasteiger partial charge < -0.3 is 9.08 Å². The van der Waals surface area contributed by atoms with Crippen LogP contribution in [0.5, 0.6) is 0 Å². The van der Waals surface area contributed by atoms with E-state index < -0.39 is 16.3 Å². The summed E-state index contributed by atoms with van der Waals surface area (Å²) in [6.45, 7) is 1.48. The summed E-state index contributed by atoms with van der Waals surface area (Å²) in [6, 6.07) is 11.0. The van der Waals surface area contributed by atoms with Gasteiger partial charge in [0.15, 0.2) is 0 Å². The molecule has 1 unspecified atom stereocenters. The zero-order valence-electron chi connectivity index (χ0n) is 14.5. The van der Waals surface area contributed by atoms with Crippen molar-refractivity contribution < 1.29 is 17.4 Å². The Bertz CT molecular complexity index is 995. The third-order valence-corrected chi connectivity index (χ3v) is 5.38. The summed E-state index contributed by atoms with van der Waals surface area (Å²) in [4.78, 5) is 13.9. The smallest absolute Gasteiger partial charge is 0.334 e. The van der Waals surface area contributed by atoms with Crippen LogP contribution < -0.4 is 5.14 Å². The molecule has 0 saturated heterocycles. The molecule has 0 bridgehead atoms. The maximum atomic E-state index is 11.7. The van der Waals surface area contributed by atoms with Gasteiger partial charge in [0.2, 0.25) is 0 Å². The van der Waals surface area contributed by atoms with Crippen molar-refractivity contribution in [2.75, 3.05) is 13.6 Å². The molecule has 0 aliphatic carbocycles. The van der Waals surface area contributed by atoms with Crippen LogP contribution in [0.3, 0.4) is 0 Å². The number of benzene rings is 2. The van der Waals surface area contributed by atoms with Gasteiger partial charge in [0.1, 0.15) is 0 Å². The molecule has 3 rings (SSSR count). The molecule has 0 aromatic heterocycles. The minimum absolute atomic E-state index is 0.0177. The summed E-state index contributed by atoms with van der Waals surface area (Å²) in [6.07, 6.45) is -0.198. The summed E-state index contributed by atoms with van der Waals surface area (Å²) in [5.41, 5.74) is 3.68. The van der Waals surface area contributed by atoms with Crippen LogP contribution in [0.1, 0.15) is 28.2 Å². The third-order valence-electron chi connectivity index (χ3n) is 4.40. The minimum Gasteiger partial charge on any atom is -0.334 e. The predicted molar refractivity (Wildman–Crippen MR) is 104 cm³/mol. The van der Waals surface area contributed by atoms with Gasteiger partial charge in [-0.1, -0.05) is 47.5 Å². The molecule has 2 aromatic carbocycles. The Balaban J connectivity index is 1.93. The van der Waals surface area contributed by atoms with E-state index >= 15 is 0 Å². The van der Waals surface area contributed by atoms with Gasteiger partial charge >= 0.3 is 16.3 Å². The first-order valence-electron chi connectivity index (χ1n) is 8.12. The molecule has 1 atom stereocenters. The Morgan fingerprint density at radius 1 is 1.30 bits per heavy atom. The van der Waals surface area contributed by atoms with E-state index in [9.17, 15) is 13.2 Å². The highest BCUT2D eigenvalue weighted by atomic mass is 35.5. The second kappa shape index (κ2) is 7.77. The van der Waals surface area contributed by atoms with E-state index in [1.165, 1.54) is 0 Å². The Morgan fingerprint density at radius 3 is 2.74 bits per heavy atom. The van der Waals surface area contributed by atoms with Gasteiger partial charge in [0.05, 0.1) is 6.42 Å². The summed E-state index contributed by atoms with van der Waals surface area (Å²) in [5, 5.41) is 5.93. The molecular formula is C18H18Cl2N2O4S. The summed E-state index contributed by atoms with van der Waals surface area (Å²) < 4.78 is 26.0. The number of halogens is 2. The van der Waals surface area contributed by atoms with Crippen molar-refractivity contribution >= 4 is 39.5 Å². The molecule has 1 aliphatic rings.